The fraction of sp³-hybridized carbons (Fsp3) is 0.579. The summed E-state index contributed by atoms with van der Waals surface area (Å²) in [5, 5.41) is 11.4. The second kappa shape index (κ2) is 8.39. The van der Waals surface area contributed by atoms with Gasteiger partial charge in [-0.15, -0.1) is 0 Å². The highest BCUT2D eigenvalue weighted by Crippen LogP contribution is 2.28. The summed E-state index contributed by atoms with van der Waals surface area (Å²) in [6, 6.07) is 2.48. The van der Waals surface area contributed by atoms with E-state index >= 15 is 0 Å². The Bertz CT molecular complexity index is 827. The van der Waals surface area contributed by atoms with Crippen LogP contribution in [-0.4, -0.2) is 48.8 Å². The van der Waals surface area contributed by atoms with Crippen LogP contribution in [0.25, 0.3) is 0 Å². The van der Waals surface area contributed by atoms with Crippen molar-refractivity contribution in [1.29, 1.82) is 0 Å². The molecule has 0 saturated carbocycles. The minimum Gasteiger partial charge on any atom is -0.481 e. The average molecular weight is 397 g/mol. The number of carboxylic acids is 1. The van der Waals surface area contributed by atoms with E-state index in [-0.39, 0.29) is 16.9 Å². The Morgan fingerprint density at radius 1 is 1.26 bits per heavy atom. The van der Waals surface area contributed by atoms with Gasteiger partial charge < -0.3 is 10.4 Å². The molecule has 1 saturated heterocycles. The molecule has 0 aromatic heterocycles. The third-order valence-corrected chi connectivity index (χ3v) is 7.13. The first-order valence-electron chi connectivity index (χ1n) is 9.16. The molecular formula is C19H28N2O5S. The molecule has 27 heavy (non-hydrogen) atoms. The molecule has 1 aromatic carbocycles. The van der Waals surface area contributed by atoms with Crippen LogP contribution in [0.1, 0.15) is 54.6 Å². The number of rotatable bonds is 6. The van der Waals surface area contributed by atoms with Crippen molar-refractivity contribution in [2.75, 3.05) is 13.1 Å². The summed E-state index contributed by atoms with van der Waals surface area (Å²) >= 11 is 0. The van der Waals surface area contributed by atoms with Gasteiger partial charge in [0.2, 0.25) is 10.0 Å². The van der Waals surface area contributed by atoms with Gasteiger partial charge in [-0.1, -0.05) is 6.92 Å². The van der Waals surface area contributed by atoms with E-state index in [9.17, 15) is 18.0 Å². The monoisotopic (exact) mass is 396 g/mol. The van der Waals surface area contributed by atoms with Crippen molar-refractivity contribution in [3.8, 4) is 0 Å². The van der Waals surface area contributed by atoms with Crippen LogP contribution >= 0.6 is 0 Å². The molecule has 150 valence electrons. The summed E-state index contributed by atoms with van der Waals surface area (Å²) in [6.07, 6.45) is 1.45. The van der Waals surface area contributed by atoms with Gasteiger partial charge in [-0.05, 0) is 62.8 Å². The Kier molecular flexibility index (Phi) is 6.64. The van der Waals surface area contributed by atoms with Crippen LogP contribution in [-0.2, 0) is 14.8 Å². The number of carbonyl (C=O) groups excluding carboxylic acids is 1. The number of hydrogen-bond donors (Lipinski definition) is 2. The normalized spacial score (nSPS) is 17.5. The Morgan fingerprint density at radius 2 is 1.85 bits per heavy atom. The lowest BCUT2D eigenvalue weighted by molar-refractivity contribution is -0.137. The van der Waals surface area contributed by atoms with Gasteiger partial charge in [0.05, 0.1) is 11.3 Å². The van der Waals surface area contributed by atoms with Crippen LogP contribution < -0.4 is 5.32 Å². The van der Waals surface area contributed by atoms with Gasteiger partial charge in [0.1, 0.15) is 0 Å². The summed E-state index contributed by atoms with van der Waals surface area (Å²) in [5.41, 5.74) is 1.56. The number of carbonyl (C=O) groups is 2. The number of amides is 1. The number of benzene rings is 1. The molecule has 2 rings (SSSR count). The molecule has 0 spiro atoms. The van der Waals surface area contributed by atoms with Crippen LogP contribution in [0, 0.1) is 19.8 Å². The van der Waals surface area contributed by atoms with E-state index in [1.54, 1.807) is 26.8 Å². The molecule has 1 aliphatic heterocycles. The lowest BCUT2D eigenvalue weighted by Crippen LogP contribution is -2.38. The lowest BCUT2D eigenvalue weighted by atomic mass is 10.0. The summed E-state index contributed by atoms with van der Waals surface area (Å²) in [7, 11) is -3.68. The molecule has 1 atom stereocenters. The van der Waals surface area contributed by atoms with Crippen LogP contribution in [0.15, 0.2) is 17.0 Å². The first kappa shape index (κ1) is 21.4. The van der Waals surface area contributed by atoms with Gasteiger partial charge in [0.25, 0.3) is 5.91 Å². The molecule has 0 radical (unpaired) electrons. The van der Waals surface area contributed by atoms with Crippen molar-refractivity contribution in [2.24, 2.45) is 5.92 Å². The van der Waals surface area contributed by atoms with Crippen molar-refractivity contribution < 1.29 is 23.1 Å². The van der Waals surface area contributed by atoms with Crippen molar-refractivity contribution in [3.05, 3.63) is 28.8 Å². The number of hydrogen-bond acceptors (Lipinski definition) is 4. The van der Waals surface area contributed by atoms with E-state index < -0.39 is 27.9 Å². The summed E-state index contributed by atoms with van der Waals surface area (Å²) in [6.45, 7) is 8.18. The molecule has 8 heteroatoms. The minimum absolute atomic E-state index is 0.146. The number of aliphatic carboxylic acids is 1. The number of piperidine rings is 1. The van der Waals surface area contributed by atoms with Crippen LogP contribution in [0.4, 0.5) is 0 Å². The predicted octanol–water partition coefficient (Wildman–Crippen LogP) is 2.32. The van der Waals surface area contributed by atoms with E-state index in [1.165, 1.54) is 10.4 Å². The Labute approximate surface area is 160 Å². The van der Waals surface area contributed by atoms with Gasteiger partial charge in [-0.3, -0.25) is 9.59 Å². The molecule has 7 nitrogen and oxygen atoms in total. The van der Waals surface area contributed by atoms with E-state index in [4.69, 9.17) is 5.11 Å². The highest BCUT2D eigenvalue weighted by molar-refractivity contribution is 7.89. The topological polar surface area (TPSA) is 104 Å². The van der Waals surface area contributed by atoms with Gasteiger partial charge in [0.15, 0.2) is 0 Å². The Balaban J connectivity index is 2.32. The zero-order valence-electron chi connectivity index (χ0n) is 16.3. The molecular weight excluding hydrogens is 368 g/mol. The maximum Gasteiger partial charge on any atom is 0.305 e. The molecule has 1 amide bonds. The second-order valence-electron chi connectivity index (χ2n) is 7.48. The zero-order valence-corrected chi connectivity index (χ0v) is 17.1. The maximum absolute atomic E-state index is 13.1. The number of nitrogens with one attached hydrogen (secondary N) is 1. The van der Waals surface area contributed by atoms with E-state index in [1.807, 2.05) is 0 Å². The lowest BCUT2D eigenvalue weighted by Gasteiger charge is -2.30. The van der Waals surface area contributed by atoms with Crippen molar-refractivity contribution in [1.82, 2.24) is 9.62 Å². The average Bonchev–Trinajstić information content (AvgIpc) is 2.56. The van der Waals surface area contributed by atoms with Gasteiger partial charge in [-0.2, -0.15) is 4.31 Å². The van der Waals surface area contributed by atoms with Gasteiger partial charge >= 0.3 is 5.97 Å². The number of carboxylic acid groups (broad SMARTS) is 1. The first-order chi connectivity index (χ1) is 12.5. The summed E-state index contributed by atoms with van der Waals surface area (Å²) in [5.74, 6) is -0.979. The quantitative estimate of drug-likeness (QED) is 0.768. The van der Waals surface area contributed by atoms with E-state index in [0.717, 1.165) is 12.8 Å². The van der Waals surface area contributed by atoms with Crippen LogP contribution in [0.3, 0.4) is 0 Å². The van der Waals surface area contributed by atoms with E-state index in [0.29, 0.717) is 30.1 Å². The van der Waals surface area contributed by atoms with Crippen molar-refractivity contribution in [2.45, 2.75) is 57.9 Å². The number of aryl methyl sites for hydroxylation is 1. The smallest absolute Gasteiger partial charge is 0.305 e. The first-order valence-corrected chi connectivity index (χ1v) is 10.6. The standard InChI is InChI=1S/C19H28N2O5S/c1-12-5-7-21(8-6-12)27(25,26)17-11-16(9-13(2)15(17)4)19(24)20-14(3)10-18(22)23/h9,11-12,14H,5-8,10H2,1-4H3,(H,20,24)(H,22,23). The molecule has 0 bridgehead atoms. The Hall–Kier alpha value is -1.93. The minimum atomic E-state index is -3.68. The third-order valence-electron chi connectivity index (χ3n) is 5.10. The third kappa shape index (κ3) is 5.07. The van der Waals surface area contributed by atoms with Crippen LogP contribution in [0.2, 0.25) is 0 Å². The Morgan fingerprint density at radius 3 is 2.41 bits per heavy atom. The highest BCUT2D eigenvalue weighted by atomic mass is 32.2. The largest absolute Gasteiger partial charge is 0.481 e. The summed E-state index contributed by atoms with van der Waals surface area (Å²) in [4.78, 5) is 23.4. The highest BCUT2D eigenvalue weighted by Gasteiger charge is 2.30. The zero-order chi connectivity index (χ0) is 20.4. The predicted molar refractivity (Wildman–Crippen MR) is 102 cm³/mol. The molecule has 1 heterocycles. The molecule has 1 fully saturated rings. The molecule has 2 N–H and O–H groups in total. The molecule has 1 aromatic rings. The van der Waals surface area contributed by atoms with Crippen molar-refractivity contribution >= 4 is 21.9 Å². The fourth-order valence-corrected chi connectivity index (χ4v) is 5.00. The fourth-order valence-electron chi connectivity index (χ4n) is 3.21. The molecule has 1 unspecified atom stereocenters. The maximum atomic E-state index is 13.1. The van der Waals surface area contributed by atoms with Crippen LogP contribution in [0.5, 0.6) is 0 Å². The van der Waals surface area contributed by atoms with Gasteiger partial charge in [0, 0.05) is 24.7 Å². The molecule has 0 aliphatic carbocycles. The van der Waals surface area contributed by atoms with Crippen molar-refractivity contribution in [3.63, 3.8) is 0 Å². The summed E-state index contributed by atoms with van der Waals surface area (Å²) < 4.78 is 27.7. The SMILES string of the molecule is Cc1cc(C(=O)NC(C)CC(=O)O)cc(S(=O)(=O)N2CCC(C)CC2)c1C. The van der Waals surface area contributed by atoms with Gasteiger partial charge in [-0.25, -0.2) is 8.42 Å². The molecule has 1 aliphatic rings. The second-order valence-corrected chi connectivity index (χ2v) is 9.38. The number of sulfonamides is 1. The van der Waals surface area contributed by atoms with E-state index in [2.05, 4.69) is 12.2 Å². The number of nitrogens with zero attached hydrogens (tertiary/aromatic N) is 1.